The van der Waals surface area contributed by atoms with Gasteiger partial charge in [0.2, 0.25) is 0 Å². The lowest BCUT2D eigenvalue weighted by atomic mass is 10.1. The molecule has 0 aliphatic rings. The number of nitrogens with zero attached hydrogens (tertiary/aromatic N) is 2. The number of hydrogen-bond acceptors (Lipinski definition) is 3. The van der Waals surface area contributed by atoms with Gasteiger partial charge in [-0.3, -0.25) is 0 Å². The molecule has 0 bridgehead atoms. The molecule has 0 unspecified atom stereocenters. The molecule has 1 N–H and O–H groups in total. The number of pyridine rings is 1. The first-order valence-corrected chi connectivity index (χ1v) is 6.06. The van der Waals surface area contributed by atoms with Gasteiger partial charge in [-0.15, -0.1) is 0 Å². The first kappa shape index (κ1) is 13.5. The third-order valence-electron chi connectivity index (χ3n) is 2.60. The highest BCUT2D eigenvalue weighted by Crippen LogP contribution is 2.10. The summed E-state index contributed by atoms with van der Waals surface area (Å²) in [5, 5.41) is 12.4. The molecule has 2 aromatic rings. The average molecular weight is 276 g/mol. The van der Waals surface area contributed by atoms with Crippen molar-refractivity contribution < 1.29 is 4.39 Å². The third-order valence-corrected chi connectivity index (χ3v) is 2.82. The van der Waals surface area contributed by atoms with Crippen molar-refractivity contribution in [2.24, 2.45) is 0 Å². The second kappa shape index (κ2) is 6.28. The van der Waals surface area contributed by atoms with Gasteiger partial charge in [0.1, 0.15) is 17.0 Å². The summed E-state index contributed by atoms with van der Waals surface area (Å²) in [5.74, 6) is -0.492. The predicted octanol–water partition coefficient (Wildman–Crippen LogP) is 3.04. The molecule has 0 amide bonds. The van der Waals surface area contributed by atoms with Gasteiger partial charge in [-0.1, -0.05) is 23.7 Å². The lowest BCUT2D eigenvalue weighted by Crippen LogP contribution is -2.13. The van der Waals surface area contributed by atoms with E-state index in [1.165, 1.54) is 6.07 Å². The molecule has 0 radical (unpaired) electrons. The van der Waals surface area contributed by atoms with Gasteiger partial charge < -0.3 is 5.32 Å². The maximum atomic E-state index is 13.1. The maximum Gasteiger partial charge on any atom is 0.140 e. The zero-order chi connectivity index (χ0) is 13.7. The number of nitriles is 1. The smallest absolute Gasteiger partial charge is 0.140 e. The molecule has 0 saturated heterocycles. The molecule has 0 aliphatic heterocycles. The van der Waals surface area contributed by atoms with Crippen LogP contribution in [-0.2, 0) is 13.1 Å². The fourth-order valence-electron chi connectivity index (χ4n) is 1.63. The highest BCUT2D eigenvalue weighted by molar-refractivity contribution is 6.29. The van der Waals surface area contributed by atoms with Crippen molar-refractivity contribution in [3.8, 4) is 6.07 Å². The Balaban J connectivity index is 1.92. The lowest BCUT2D eigenvalue weighted by molar-refractivity contribution is 0.621. The summed E-state index contributed by atoms with van der Waals surface area (Å²) in [6, 6.07) is 9.94. The fourth-order valence-corrected chi connectivity index (χ4v) is 1.74. The summed E-state index contributed by atoms with van der Waals surface area (Å²) in [4.78, 5) is 3.98. The number of halogens is 2. The van der Waals surface area contributed by atoms with E-state index in [4.69, 9.17) is 16.9 Å². The Bertz CT molecular complexity index is 605. The Morgan fingerprint density at radius 3 is 2.63 bits per heavy atom. The summed E-state index contributed by atoms with van der Waals surface area (Å²) in [6.07, 6.45) is 1.70. The SMILES string of the molecule is N#Cc1cc(CNCc2ccc(Cl)nc2)ccc1F. The van der Waals surface area contributed by atoms with Gasteiger partial charge in [0.25, 0.3) is 0 Å². The predicted molar refractivity (Wildman–Crippen MR) is 70.9 cm³/mol. The van der Waals surface area contributed by atoms with E-state index in [9.17, 15) is 4.39 Å². The van der Waals surface area contributed by atoms with Crippen LogP contribution in [0.5, 0.6) is 0 Å². The van der Waals surface area contributed by atoms with Gasteiger partial charge in [0, 0.05) is 19.3 Å². The Morgan fingerprint density at radius 2 is 1.95 bits per heavy atom. The molecule has 0 fully saturated rings. The van der Waals surface area contributed by atoms with Crippen molar-refractivity contribution in [3.63, 3.8) is 0 Å². The van der Waals surface area contributed by atoms with Crippen molar-refractivity contribution in [1.29, 1.82) is 5.26 Å². The molecule has 5 heteroatoms. The largest absolute Gasteiger partial charge is 0.309 e. The molecule has 1 heterocycles. The summed E-state index contributed by atoms with van der Waals surface area (Å²) in [6.45, 7) is 1.18. The number of hydrogen-bond donors (Lipinski definition) is 1. The van der Waals surface area contributed by atoms with Crippen LogP contribution in [0.2, 0.25) is 5.15 Å². The molecular weight excluding hydrogens is 265 g/mol. The summed E-state index contributed by atoms with van der Waals surface area (Å²) >= 11 is 5.69. The van der Waals surface area contributed by atoms with Crippen LogP contribution in [0, 0.1) is 17.1 Å². The normalized spacial score (nSPS) is 10.2. The van der Waals surface area contributed by atoms with E-state index < -0.39 is 5.82 Å². The zero-order valence-electron chi connectivity index (χ0n) is 10.0. The summed E-state index contributed by atoms with van der Waals surface area (Å²) in [5.41, 5.74) is 1.93. The second-order valence-electron chi connectivity index (χ2n) is 4.02. The number of benzene rings is 1. The molecule has 3 nitrogen and oxygen atoms in total. The minimum absolute atomic E-state index is 0.0625. The van der Waals surface area contributed by atoms with E-state index in [2.05, 4.69) is 10.3 Å². The van der Waals surface area contributed by atoms with Crippen molar-refractivity contribution in [1.82, 2.24) is 10.3 Å². The average Bonchev–Trinajstić information content (AvgIpc) is 2.43. The Kier molecular flexibility index (Phi) is 4.45. The highest BCUT2D eigenvalue weighted by Gasteiger charge is 2.02. The van der Waals surface area contributed by atoms with Gasteiger partial charge in [0.05, 0.1) is 5.56 Å². The molecule has 2 rings (SSSR count). The van der Waals surface area contributed by atoms with Crippen molar-refractivity contribution >= 4 is 11.6 Å². The van der Waals surface area contributed by atoms with Crippen LogP contribution in [0.25, 0.3) is 0 Å². The number of nitrogens with one attached hydrogen (secondary N) is 1. The molecule has 1 aromatic heterocycles. The first-order chi connectivity index (χ1) is 9.19. The maximum absolute atomic E-state index is 13.1. The Hall–Kier alpha value is -1.96. The van der Waals surface area contributed by atoms with Crippen LogP contribution >= 0.6 is 11.6 Å². The van der Waals surface area contributed by atoms with Crippen LogP contribution in [0.15, 0.2) is 36.5 Å². The monoisotopic (exact) mass is 275 g/mol. The van der Waals surface area contributed by atoms with Crippen LogP contribution in [0.4, 0.5) is 4.39 Å². The second-order valence-corrected chi connectivity index (χ2v) is 4.41. The molecule has 0 saturated carbocycles. The van der Waals surface area contributed by atoms with E-state index in [1.807, 2.05) is 12.1 Å². The zero-order valence-corrected chi connectivity index (χ0v) is 10.8. The lowest BCUT2D eigenvalue weighted by Gasteiger charge is -2.05. The van der Waals surface area contributed by atoms with Crippen LogP contribution in [-0.4, -0.2) is 4.98 Å². The van der Waals surface area contributed by atoms with Gasteiger partial charge in [-0.05, 0) is 29.3 Å². The van der Waals surface area contributed by atoms with E-state index in [-0.39, 0.29) is 5.56 Å². The molecule has 0 spiro atoms. The van der Waals surface area contributed by atoms with Crippen molar-refractivity contribution in [3.05, 3.63) is 64.2 Å². The number of aromatic nitrogens is 1. The Labute approximate surface area is 115 Å². The fraction of sp³-hybridized carbons (Fsp3) is 0.143. The topological polar surface area (TPSA) is 48.7 Å². The first-order valence-electron chi connectivity index (χ1n) is 5.68. The summed E-state index contributed by atoms with van der Waals surface area (Å²) in [7, 11) is 0. The molecule has 0 aliphatic carbocycles. The van der Waals surface area contributed by atoms with Crippen molar-refractivity contribution in [2.45, 2.75) is 13.1 Å². The standard InChI is InChI=1S/C14H11ClFN3/c15-14-4-2-11(9-19-14)8-18-7-10-1-3-13(16)12(5-10)6-17/h1-5,9,18H,7-8H2. The van der Waals surface area contributed by atoms with E-state index in [0.717, 1.165) is 11.1 Å². The van der Waals surface area contributed by atoms with Gasteiger partial charge in [0.15, 0.2) is 0 Å². The van der Waals surface area contributed by atoms with Gasteiger partial charge in [-0.25, -0.2) is 9.37 Å². The number of rotatable bonds is 4. The summed E-state index contributed by atoms with van der Waals surface area (Å²) < 4.78 is 13.1. The molecule has 19 heavy (non-hydrogen) atoms. The minimum Gasteiger partial charge on any atom is -0.309 e. The molecular formula is C14H11ClFN3. The van der Waals surface area contributed by atoms with Gasteiger partial charge >= 0.3 is 0 Å². The third kappa shape index (κ3) is 3.75. The van der Waals surface area contributed by atoms with Crippen molar-refractivity contribution in [2.75, 3.05) is 0 Å². The van der Waals surface area contributed by atoms with Crippen LogP contribution in [0.1, 0.15) is 16.7 Å². The minimum atomic E-state index is -0.492. The van der Waals surface area contributed by atoms with Crippen LogP contribution < -0.4 is 5.32 Å². The highest BCUT2D eigenvalue weighted by atomic mass is 35.5. The van der Waals surface area contributed by atoms with Crippen LogP contribution in [0.3, 0.4) is 0 Å². The van der Waals surface area contributed by atoms with E-state index in [1.54, 1.807) is 24.4 Å². The van der Waals surface area contributed by atoms with E-state index >= 15 is 0 Å². The molecule has 1 aromatic carbocycles. The van der Waals surface area contributed by atoms with Gasteiger partial charge in [-0.2, -0.15) is 5.26 Å². The molecule has 0 atom stereocenters. The quantitative estimate of drug-likeness (QED) is 0.873. The van der Waals surface area contributed by atoms with E-state index in [0.29, 0.717) is 18.2 Å². The molecule has 96 valence electrons. The Morgan fingerprint density at radius 1 is 1.21 bits per heavy atom.